The van der Waals surface area contributed by atoms with Crippen molar-refractivity contribution >= 4 is 17.8 Å². The number of rotatable bonds is 4. The zero-order valence-corrected chi connectivity index (χ0v) is 17.0. The van der Waals surface area contributed by atoms with Gasteiger partial charge in [0.05, 0.1) is 6.61 Å². The first-order valence-corrected chi connectivity index (χ1v) is 9.98. The summed E-state index contributed by atoms with van der Waals surface area (Å²) < 4.78 is 11.2. The molecule has 1 N–H and O–H groups in total. The van der Waals surface area contributed by atoms with Crippen LogP contribution in [0.2, 0.25) is 0 Å². The van der Waals surface area contributed by atoms with Crippen LogP contribution < -0.4 is 4.74 Å². The summed E-state index contributed by atoms with van der Waals surface area (Å²) in [6.07, 6.45) is 9.25. The molecule has 0 saturated carbocycles. The van der Waals surface area contributed by atoms with Crippen molar-refractivity contribution in [3.63, 3.8) is 0 Å². The highest BCUT2D eigenvalue weighted by molar-refractivity contribution is 5.97. The molecule has 1 aliphatic heterocycles. The smallest absolute Gasteiger partial charge is 0.343 e. The molecule has 0 radical (unpaired) electrons. The fourth-order valence-corrected chi connectivity index (χ4v) is 2.88. The van der Waals surface area contributed by atoms with Crippen molar-refractivity contribution in [3.05, 3.63) is 41.0 Å². The number of fused-ring (bicyclic) bond motifs is 1. The number of hydrogen-bond acceptors (Lipinski definition) is 5. The highest BCUT2D eigenvalue weighted by Gasteiger charge is 2.21. The van der Waals surface area contributed by atoms with Gasteiger partial charge in [0.2, 0.25) is 0 Å². The van der Waals surface area contributed by atoms with Gasteiger partial charge in [0.25, 0.3) is 0 Å². The molecule has 5 nitrogen and oxygen atoms in total. The third-order valence-electron chi connectivity index (χ3n) is 4.79. The first kappa shape index (κ1) is 21.7. The number of phenols is 1. The van der Waals surface area contributed by atoms with E-state index >= 15 is 0 Å². The van der Waals surface area contributed by atoms with E-state index in [2.05, 4.69) is 6.92 Å². The Bertz CT molecular complexity index is 761. The number of phenolic OH excluding ortho intramolecular Hbond substituents is 1. The minimum absolute atomic E-state index is 0.131. The molecule has 152 valence electrons. The van der Waals surface area contributed by atoms with Gasteiger partial charge in [0.15, 0.2) is 0 Å². The molecule has 1 aromatic carbocycles. The number of Topliss-reactive ketones (excluding diaryl/α,β-unsaturated/α-hetero) is 1. The second kappa shape index (κ2) is 10.7. The maximum Gasteiger partial charge on any atom is 0.343 e. The molecule has 5 heteroatoms. The largest absolute Gasteiger partial charge is 0.507 e. The van der Waals surface area contributed by atoms with Gasteiger partial charge < -0.3 is 14.6 Å². The predicted octanol–water partition coefficient (Wildman–Crippen LogP) is 5.22. The Morgan fingerprint density at radius 3 is 2.82 bits per heavy atom. The predicted molar refractivity (Wildman–Crippen MR) is 110 cm³/mol. The molecule has 1 heterocycles. The molecule has 0 saturated heterocycles. The van der Waals surface area contributed by atoms with Crippen LogP contribution in [0.3, 0.4) is 0 Å². The Labute approximate surface area is 167 Å². The molecule has 0 amide bonds. The molecule has 0 fully saturated rings. The molecule has 0 spiro atoms. The summed E-state index contributed by atoms with van der Waals surface area (Å²) in [5.41, 5.74) is 1.50. The van der Waals surface area contributed by atoms with Crippen molar-refractivity contribution in [1.82, 2.24) is 0 Å². The summed E-state index contributed by atoms with van der Waals surface area (Å²) in [6.45, 7) is 6.22. The lowest BCUT2D eigenvalue weighted by Gasteiger charge is -2.17. The topological polar surface area (TPSA) is 72.8 Å². The number of unbranched alkanes of at least 4 members (excludes halogenated alkanes) is 1. The lowest BCUT2D eigenvalue weighted by atomic mass is 10.0. The highest BCUT2D eigenvalue weighted by Crippen LogP contribution is 2.31. The Hall–Kier alpha value is -2.56. The Kier molecular flexibility index (Phi) is 8.30. The Morgan fingerprint density at radius 1 is 1.29 bits per heavy atom. The van der Waals surface area contributed by atoms with Crippen LogP contribution in [0.15, 0.2) is 29.9 Å². The highest BCUT2D eigenvalue weighted by atomic mass is 16.5. The SMILES string of the molecule is CCCCOc1cc(O)c2c(c1)C=CCCCC(=O)CC=C(C)[C@H](C)OC2=O. The van der Waals surface area contributed by atoms with E-state index in [1.807, 2.05) is 19.1 Å². The van der Waals surface area contributed by atoms with Crippen molar-refractivity contribution < 1.29 is 24.2 Å². The summed E-state index contributed by atoms with van der Waals surface area (Å²) in [6, 6.07) is 3.20. The molecule has 0 aliphatic carbocycles. The maximum atomic E-state index is 12.7. The van der Waals surface area contributed by atoms with Gasteiger partial charge in [-0.2, -0.15) is 0 Å². The Balaban J connectivity index is 2.37. The first-order chi connectivity index (χ1) is 13.4. The van der Waals surface area contributed by atoms with E-state index in [-0.39, 0.29) is 17.1 Å². The lowest BCUT2D eigenvalue weighted by Crippen LogP contribution is -2.17. The van der Waals surface area contributed by atoms with Gasteiger partial charge in [0.1, 0.15) is 28.9 Å². The molecule has 0 aromatic heterocycles. The second-order valence-electron chi connectivity index (χ2n) is 7.14. The van der Waals surface area contributed by atoms with Crippen molar-refractivity contribution in [1.29, 1.82) is 0 Å². The maximum absolute atomic E-state index is 12.7. The number of aromatic hydroxyl groups is 1. The summed E-state index contributed by atoms with van der Waals surface area (Å²) >= 11 is 0. The van der Waals surface area contributed by atoms with Crippen LogP contribution in [0.5, 0.6) is 11.5 Å². The minimum atomic E-state index is -0.596. The average Bonchev–Trinajstić information content (AvgIpc) is 2.64. The number of hydrogen-bond donors (Lipinski definition) is 1. The zero-order chi connectivity index (χ0) is 20.5. The molecular weight excluding hydrogens is 356 g/mol. The van der Waals surface area contributed by atoms with Gasteiger partial charge in [-0.15, -0.1) is 0 Å². The molecule has 2 rings (SSSR count). The molecule has 1 atom stereocenters. The second-order valence-corrected chi connectivity index (χ2v) is 7.14. The molecule has 0 unspecified atom stereocenters. The molecular formula is C23H30O5. The number of carbonyl (C=O) groups is 2. The fraction of sp³-hybridized carbons (Fsp3) is 0.478. The number of carbonyl (C=O) groups excluding carboxylic acids is 2. The van der Waals surface area contributed by atoms with E-state index < -0.39 is 12.1 Å². The van der Waals surface area contributed by atoms with Gasteiger partial charge >= 0.3 is 5.97 Å². The van der Waals surface area contributed by atoms with Crippen LogP contribution in [-0.4, -0.2) is 29.6 Å². The van der Waals surface area contributed by atoms with Crippen molar-refractivity contribution in [2.45, 2.75) is 65.4 Å². The zero-order valence-electron chi connectivity index (χ0n) is 17.0. The van der Waals surface area contributed by atoms with Gasteiger partial charge in [0, 0.05) is 18.9 Å². The summed E-state index contributed by atoms with van der Waals surface area (Å²) in [5, 5.41) is 10.5. The van der Waals surface area contributed by atoms with Crippen molar-refractivity contribution in [2.24, 2.45) is 0 Å². The van der Waals surface area contributed by atoms with Crippen molar-refractivity contribution in [3.8, 4) is 11.5 Å². The van der Waals surface area contributed by atoms with Crippen molar-refractivity contribution in [2.75, 3.05) is 6.61 Å². The number of ketones is 1. The molecule has 1 aromatic rings. The fourth-order valence-electron chi connectivity index (χ4n) is 2.88. The summed E-state index contributed by atoms with van der Waals surface area (Å²) in [7, 11) is 0. The Morgan fingerprint density at radius 2 is 2.07 bits per heavy atom. The number of benzene rings is 1. The van der Waals surface area contributed by atoms with Gasteiger partial charge in [-0.05, 0) is 50.3 Å². The van der Waals surface area contributed by atoms with E-state index in [9.17, 15) is 14.7 Å². The summed E-state index contributed by atoms with van der Waals surface area (Å²) in [5.74, 6) is -0.0637. The quantitative estimate of drug-likeness (QED) is 0.436. The standard InChI is InChI=1S/C23H30O5/c1-4-5-13-27-20-14-18-9-7-6-8-10-19(24)12-11-16(2)17(3)28-23(26)22(18)21(25)15-20/h7,9,11,14-15,17,25H,4-6,8,10,12-13H2,1-3H3/t17-/m0/s1. The van der Waals surface area contributed by atoms with E-state index in [4.69, 9.17) is 9.47 Å². The van der Waals surface area contributed by atoms with Crippen LogP contribution in [0.4, 0.5) is 0 Å². The molecule has 0 bridgehead atoms. The monoisotopic (exact) mass is 386 g/mol. The normalized spacial score (nSPS) is 18.7. The number of allylic oxidation sites excluding steroid dienone is 2. The minimum Gasteiger partial charge on any atom is -0.507 e. The van der Waals surface area contributed by atoms with E-state index in [0.29, 0.717) is 37.2 Å². The van der Waals surface area contributed by atoms with Crippen LogP contribution in [-0.2, 0) is 9.53 Å². The van der Waals surface area contributed by atoms with Gasteiger partial charge in [-0.1, -0.05) is 31.6 Å². The summed E-state index contributed by atoms with van der Waals surface area (Å²) in [4.78, 5) is 24.7. The number of cyclic esters (lactones) is 1. The van der Waals surface area contributed by atoms with Gasteiger partial charge in [-0.25, -0.2) is 4.79 Å². The average molecular weight is 386 g/mol. The van der Waals surface area contributed by atoms with E-state index in [1.54, 1.807) is 19.1 Å². The van der Waals surface area contributed by atoms with E-state index in [1.165, 1.54) is 6.07 Å². The molecule has 28 heavy (non-hydrogen) atoms. The third kappa shape index (κ3) is 6.25. The van der Waals surface area contributed by atoms with Crippen LogP contribution >= 0.6 is 0 Å². The lowest BCUT2D eigenvalue weighted by molar-refractivity contribution is -0.118. The van der Waals surface area contributed by atoms with Crippen LogP contribution in [0.25, 0.3) is 6.08 Å². The number of esters is 1. The third-order valence-corrected chi connectivity index (χ3v) is 4.79. The van der Waals surface area contributed by atoms with Gasteiger partial charge in [-0.3, -0.25) is 4.79 Å². The van der Waals surface area contributed by atoms with Crippen LogP contribution in [0, 0.1) is 0 Å². The first-order valence-electron chi connectivity index (χ1n) is 9.98. The van der Waals surface area contributed by atoms with Crippen LogP contribution in [0.1, 0.15) is 75.2 Å². The van der Waals surface area contributed by atoms with E-state index in [0.717, 1.165) is 24.8 Å². The number of ether oxygens (including phenoxy) is 2. The molecule has 1 aliphatic rings.